The molecule has 0 spiro atoms. The summed E-state index contributed by atoms with van der Waals surface area (Å²) in [4.78, 5) is 42.6. The number of likely N-dealkylation sites (N-methyl/N-ethyl adjacent to an activating group) is 1. The lowest BCUT2D eigenvalue weighted by Crippen LogP contribution is -2.54. The second-order valence-corrected chi connectivity index (χ2v) is 11.6. The van der Waals surface area contributed by atoms with Crippen molar-refractivity contribution in [1.82, 2.24) is 15.1 Å². The molecule has 1 fully saturated rings. The predicted molar refractivity (Wildman–Crippen MR) is 148 cm³/mol. The Morgan fingerprint density at radius 1 is 1.05 bits per heavy atom. The number of nitrogens with one attached hydrogen (secondary N) is 1. The average molecular weight is 544 g/mol. The SMILES string of the molecule is CCCC(C(=O)NCC(=O)N(C)C(C(C)CC)C(CC(=O)N1CC(F)CC1C(OC)C(C)C)OC)C(C)C. The maximum absolute atomic E-state index is 14.5. The van der Waals surface area contributed by atoms with Gasteiger partial charge in [-0.1, -0.05) is 61.3 Å². The van der Waals surface area contributed by atoms with Gasteiger partial charge < -0.3 is 24.6 Å². The van der Waals surface area contributed by atoms with Crippen molar-refractivity contribution >= 4 is 17.7 Å². The topological polar surface area (TPSA) is 88.2 Å². The Labute approximate surface area is 230 Å². The van der Waals surface area contributed by atoms with E-state index < -0.39 is 12.3 Å². The van der Waals surface area contributed by atoms with Crippen molar-refractivity contribution in [2.24, 2.45) is 23.7 Å². The molecule has 9 heteroatoms. The van der Waals surface area contributed by atoms with Gasteiger partial charge in [-0.2, -0.15) is 0 Å². The number of nitrogens with zero attached hydrogens (tertiary/aromatic N) is 2. The molecule has 1 N–H and O–H groups in total. The van der Waals surface area contributed by atoms with E-state index in [1.807, 2.05) is 48.5 Å². The number of ether oxygens (including phenoxy) is 2. The molecule has 8 nitrogen and oxygen atoms in total. The summed E-state index contributed by atoms with van der Waals surface area (Å²) in [6.45, 7) is 14.1. The molecule has 0 aliphatic carbocycles. The number of rotatable bonds is 16. The summed E-state index contributed by atoms with van der Waals surface area (Å²) in [5, 5.41) is 2.82. The number of amides is 3. The Morgan fingerprint density at radius 2 is 1.68 bits per heavy atom. The predicted octanol–water partition coefficient (Wildman–Crippen LogP) is 4.06. The minimum Gasteiger partial charge on any atom is -0.379 e. The van der Waals surface area contributed by atoms with E-state index in [9.17, 15) is 18.8 Å². The van der Waals surface area contributed by atoms with Crippen LogP contribution in [0.5, 0.6) is 0 Å². The van der Waals surface area contributed by atoms with Crippen LogP contribution in [0.25, 0.3) is 0 Å². The maximum atomic E-state index is 14.5. The van der Waals surface area contributed by atoms with Gasteiger partial charge in [0.25, 0.3) is 0 Å². The summed E-state index contributed by atoms with van der Waals surface area (Å²) in [7, 11) is 4.83. The standard InChI is InChI=1S/C29H54FN3O5/c1-11-13-22(18(3)4)29(36)31-16-26(35)32(8)27(20(7)12-2)24(37-9)15-25(34)33-17-21(30)14-23(33)28(38-10)19(5)6/h18-24,27-28H,11-17H2,1-10H3,(H,31,36). The van der Waals surface area contributed by atoms with E-state index in [1.54, 1.807) is 24.0 Å². The molecular formula is C29H54FN3O5. The highest BCUT2D eigenvalue weighted by Crippen LogP contribution is 2.30. The van der Waals surface area contributed by atoms with Crippen molar-refractivity contribution in [2.75, 3.05) is 34.4 Å². The number of halogens is 1. The Balaban J connectivity index is 3.03. The number of hydrogen-bond donors (Lipinski definition) is 1. The number of carbonyl (C=O) groups excluding carboxylic acids is 3. The van der Waals surface area contributed by atoms with E-state index >= 15 is 0 Å². The van der Waals surface area contributed by atoms with E-state index in [1.165, 1.54) is 7.11 Å². The normalized spacial score (nSPS) is 21.8. The largest absolute Gasteiger partial charge is 0.379 e. The fourth-order valence-electron chi connectivity index (χ4n) is 5.82. The van der Waals surface area contributed by atoms with Crippen LogP contribution in [0.3, 0.4) is 0 Å². The van der Waals surface area contributed by atoms with Crippen molar-refractivity contribution < 1.29 is 28.2 Å². The van der Waals surface area contributed by atoms with Crippen LogP contribution < -0.4 is 5.32 Å². The monoisotopic (exact) mass is 543 g/mol. The van der Waals surface area contributed by atoms with Gasteiger partial charge in [0.2, 0.25) is 17.7 Å². The molecular weight excluding hydrogens is 489 g/mol. The lowest BCUT2D eigenvalue weighted by atomic mass is 9.90. The number of methoxy groups -OCH3 is 2. The molecule has 0 radical (unpaired) electrons. The van der Waals surface area contributed by atoms with Gasteiger partial charge in [-0.25, -0.2) is 4.39 Å². The summed E-state index contributed by atoms with van der Waals surface area (Å²) in [5.74, 6) is -0.338. The second kappa shape index (κ2) is 16.4. The van der Waals surface area contributed by atoms with Gasteiger partial charge in [0.05, 0.1) is 43.8 Å². The van der Waals surface area contributed by atoms with Crippen LogP contribution in [0.2, 0.25) is 0 Å². The molecule has 1 saturated heterocycles. The zero-order valence-corrected chi connectivity index (χ0v) is 25.5. The highest BCUT2D eigenvalue weighted by molar-refractivity contribution is 5.86. The molecule has 1 aliphatic heterocycles. The summed E-state index contributed by atoms with van der Waals surface area (Å²) < 4.78 is 25.9. The van der Waals surface area contributed by atoms with Crippen molar-refractivity contribution in [1.29, 1.82) is 0 Å². The van der Waals surface area contributed by atoms with Crippen LogP contribution in [0.1, 0.15) is 80.6 Å². The highest BCUT2D eigenvalue weighted by atomic mass is 19.1. The smallest absolute Gasteiger partial charge is 0.242 e. The van der Waals surface area contributed by atoms with Crippen LogP contribution in [-0.4, -0.2) is 92.3 Å². The molecule has 0 aromatic rings. The van der Waals surface area contributed by atoms with Gasteiger partial charge >= 0.3 is 0 Å². The third kappa shape index (κ3) is 9.18. The minimum absolute atomic E-state index is 0.0269. The molecule has 222 valence electrons. The summed E-state index contributed by atoms with van der Waals surface area (Å²) in [6, 6.07) is -0.728. The van der Waals surface area contributed by atoms with Gasteiger partial charge in [-0.15, -0.1) is 0 Å². The Hall–Kier alpha value is -1.74. The van der Waals surface area contributed by atoms with Gasteiger partial charge in [0, 0.05) is 33.6 Å². The van der Waals surface area contributed by atoms with E-state index in [0.29, 0.717) is 0 Å². The van der Waals surface area contributed by atoms with Crippen molar-refractivity contribution in [3.05, 3.63) is 0 Å². The Morgan fingerprint density at radius 3 is 2.16 bits per heavy atom. The molecule has 0 saturated carbocycles. The Bertz CT molecular complexity index is 750. The van der Waals surface area contributed by atoms with Crippen LogP contribution >= 0.6 is 0 Å². The summed E-state index contributed by atoms with van der Waals surface area (Å²) in [5.41, 5.74) is 0. The Kier molecular flexibility index (Phi) is 14.8. The quantitative estimate of drug-likeness (QED) is 0.317. The molecule has 38 heavy (non-hydrogen) atoms. The maximum Gasteiger partial charge on any atom is 0.242 e. The molecule has 1 rings (SSSR count). The van der Waals surface area contributed by atoms with E-state index in [4.69, 9.17) is 9.47 Å². The zero-order chi connectivity index (χ0) is 29.2. The molecule has 1 aliphatic rings. The van der Waals surface area contributed by atoms with E-state index in [2.05, 4.69) is 5.32 Å². The third-order valence-corrected chi connectivity index (χ3v) is 8.20. The van der Waals surface area contributed by atoms with E-state index in [-0.39, 0.29) is 85.5 Å². The number of likely N-dealkylation sites (tertiary alicyclic amines) is 1. The second-order valence-electron chi connectivity index (χ2n) is 11.6. The van der Waals surface area contributed by atoms with Crippen LogP contribution in [0.4, 0.5) is 4.39 Å². The van der Waals surface area contributed by atoms with Gasteiger partial charge in [-0.3, -0.25) is 14.4 Å². The fourth-order valence-corrected chi connectivity index (χ4v) is 5.82. The van der Waals surface area contributed by atoms with Crippen molar-refractivity contribution in [3.63, 3.8) is 0 Å². The highest BCUT2D eigenvalue weighted by Gasteiger charge is 2.43. The van der Waals surface area contributed by atoms with Crippen molar-refractivity contribution in [3.8, 4) is 0 Å². The first-order valence-corrected chi connectivity index (χ1v) is 14.4. The molecule has 0 aromatic carbocycles. The first kappa shape index (κ1) is 34.3. The van der Waals surface area contributed by atoms with Crippen LogP contribution in [0.15, 0.2) is 0 Å². The lowest BCUT2D eigenvalue weighted by molar-refractivity contribution is -0.144. The average Bonchev–Trinajstić information content (AvgIpc) is 3.25. The molecule has 7 unspecified atom stereocenters. The van der Waals surface area contributed by atoms with Crippen molar-refractivity contribution in [2.45, 2.75) is 111 Å². The van der Waals surface area contributed by atoms with Gasteiger partial charge in [0.1, 0.15) is 6.17 Å². The van der Waals surface area contributed by atoms with Gasteiger partial charge in [0.15, 0.2) is 0 Å². The molecule has 0 aromatic heterocycles. The van der Waals surface area contributed by atoms with Crippen LogP contribution in [0, 0.1) is 23.7 Å². The minimum atomic E-state index is -1.10. The number of alkyl halides is 1. The van der Waals surface area contributed by atoms with Gasteiger partial charge in [-0.05, 0) is 24.2 Å². The summed E-state index contributed by atoms with van der Waals surface area (Å²) in [6.07, 6.45) is 0.781. The first-order chi connectivity index (χ1) is 17.8. The number of carbonyl (C=O) groups is 3. The first-order valence-electron chi connectivity index (χ1n) is 14.4. The molecule has 7 atom stereocenters. The molecule has 1 heterocycles. The summed E-state index contributed by atoms with van der Waals surface area (Å²) >= 11 is 0. The fraction of sp³-hybridized carbons (Fsp3) is 0.897. The molecule has 3 amide bonds. The number of hydrogen-bond acceptors (Lipinski definition) is 5. The zero-order valence-electron chi connectivity index (χ0n) is 25.5. The molecule has 0 bridgehead atoms. The van der Waals surface area contributed by atoms with E-state index in [0.717, 1.165) is 19.3 Å². The lowest BCUT2D eigenvalue weighted by Gasteiger charge is -2.39. The third-order valence-electron chi connectivity index (χ3n) is 8.20. The van der Waals surface area contributed by atoms with Crippen LogP contribution in [-0.2, 0) is 23.9 Å².